The minimum absolute atomic E-state index is 0.142. The van der Waals surface area contributed by atoms with Gasteiger partial charge in [0.1, 0.15) is 17.9 Å². The minimum atomic E-state index is -0.301. The highest BCUT2D eigenvalue weighted by atomic mass is 19.1. The summed E-state index contributed by atoms with van der Waals surface area (Å²) in [6, 6.07) is 7.82. The SMILES string of the molecule is Cc1noc(C)c1CC(=O)NCc1cc(-c2ccc(F)cc2)ncn1. The first-order valence-corrected chi connectivity index (χ1v) is 7.78. The lowest BCUT2D eigenvalue weighted by Gasteiger charge is -2.06. The average molecular weight is 340 g/mol. The number of carbonyl (C=O) groups excluding carboxylic acids is 1. The zero-order chi connectivity index (χ0) is 17.8. The summed E-state index contributed by atoms with van der Waals surface area (Å²) in [5.41, 5.74) is 3.64. The molecule has 0 bridgehead atoms. The highest BCUT2D eigenvalue weighted by Crippen LogP contribution is 2.17. The molecule has 25 heavy (non-hydrogen) atoms. The van der Waals surface area contributed by atoms with Crippen LogP contribution in [0.5, 0.6) is 0 Å². The predicted octanol–water partition coefficient (Wildman–Crippen LogP) is 2.75. The maximum Gasteiger partial charge on any atom is 0.224 e. The third kappa shape index (κ3) is 4.06. The van der Waals surface area contributed by atoms with Gasteiger partial charge in [0.25, 0.3) is 0 Å². The number of halogens is 1. The van der Waals surface area contributed by atoms with E-state index in [1.807, 2.05) is 0 Å². The van der Waals surface area contributed by atoms with Crippen molar-refractivity contribution >= 4 is 5.91 Å². The molecule has 3 rings (SSSR count). The van der Waals surface area contributed by atoms with E-state index in [1.54, 1.807) is 32.0 Å². The Kier molecular flexibility index (Phi) is 4.83. The molecule has 1 N–H and O–H groups in total. The molecule has 1 amide bonds. The van der Waals surface area contributed by atoms with Crippen molar-refractivity contribution in [3.8, 4) is 11.3 Å². The van der Waals surface area contributed by atoms with Crippen LogP contribution in [-0.4, -0.2) is 21.0 Å². The molecule has 1 aromatic carbocycles. The summed E-state index contributed by atoms with van der Waals surface area (Å²) in [6.07, 6.45) is 1.63. The lowest BCUT2D eigenvalue weighted by molar-refractivity contribution is -0.120. The molecular formula is C18H17FN4O2. The molecule has 0 spiro atoms. The van der Waals surface area contributed by atoms with Crippen LogP contribution in [0, 0.1) is 19.7 Å². The zero-order valence-corrected chi connectivity index (χ0v) is 13.9. The van der Waals surface area contributed by atoms with Gasteiger partial charge in [0, 0.05) is 11.1 Å². The first-order valence-electron chi connectivity index (χ1n) is 7.78. The smallest absolute Gasteiger partial charge is 0.224 e. The van der Waals surface area contributed by atoms with Gasteiger partial charge < -0.3 is 9.84 Å². The Morgan fingerprint density at radius 1 is 1.20 bits per heavy atom. The van der Waals surface area contributed by atoms with Crippen LogP contribution >= 0.6 is 0 Å². The summed E-state index contributed by atoms with van der Waals surface area (Å²) < 4.78 is 18.1. The molecule has 0 saturated heterocycles. The van der Waals surface area contributed by atoms with Crippen LogP contribution in [0.1, 0.15) is 22.7 Å². The molecule has 0 unspecified atom stereocenters. The van der Waals surface area contributed by atoms with E-state index in [4.69, 9.17) is 4.52 Å². The van der Waals surface area contributed by atoms with Crippen molar-refractivity contribution in [1.29, 1.82) is 0 Å². The number of benzene rings is 1. The molecular weight excluding hydrogens is 323 g/mol. The van der Waals surface area contributed by atoms with Crippen molar-refractivity contribution < 1.29 is 13.7 Å². The van der Waals surface area contributed by atoms with E-state index in [0.29, 0.717) is 22.8 Å². The molecule has 2 aromatic heterocycles. The Morgan fingerprint density at radius 2 is 1.96 bits per heavy atom. The summed E-state index contributed by atoms with van der Waals surface area (Å²) in [5, 5.41) is 6.66. The monoisotopic (exact) mass is 340 g/mol. The highest BCUT2D eigenvalue weighted by Gasteiger charge is 2.13. The molecule has 0 aliphatic rings. The van der Waals surface area contributed by atoms with E-state index < -0.39 is 0 Å². The van der Waals surface area contributed by atoms with Gasteiger partial charge in [-0.25, -0.2) is 14.4 Å². The number of carbonyl (C=O) groups is 1. The largest absolute Gasteiger partial charge is 0.361 e. The molecule has 0 atom stereocenters. The quantitative estimate of drug-likeness (QED) is 0.772. The van der Waals surface area contributed by atoms with Crippen LogP contribution < -0.4 is 5.32 Å². The van der Waals surface area contributed by atoms with E-state index in [2.05, 4.69) is 20.4 Å². The van der Waals surface area contributed by atoms with Crippen molar-refractivity contribution in [3.63, 3.8) is 0 Å². The van der Waals surface area contributed by atoms with E-state index in [0.717, 1.165) is 11.1 Å². The van der Waals surface area contributed by atoms with Crippen LogP contribution in [0.15, 0.2) is 41.2 Å². The summed E-state index contributed by atoms with van der Waals surface area (Å²) in [7, 11) is 0. The van der Waals surface area contributed by atoms with Gasteiger partial charge >= 0.3 is 0 Å². The van der Waals surface area contributed by atoms with Gasteiger partial charge in [-0.15, -0.1) is 0 Å². The lowest BCUT2D eigenvalue weighted by atomic mass is 10.1. The number of nitrogens with zero attached hydrogens (tertiary/aromatic N) is 3. The van der Waals surface area contributed by atoms with Crippen molar-refractivity contribution in [2.24, 2.45) is 0 Å². The topological polar surface area (TPSA) is 80.9 Å². The first kappa shape index (κ1) is 16.8. The van der Waals surface area contributed by atoms with Gasteiger partial charge in [-0.05, 0) is 44.2 Å². The second-order valence-corrected chi connectivity index (χ2v) is 5.66. The normalized spacial score (nSPS) is 10.7. The predicted molar refractivity (Wildman–Crippen MR) is 89.0 cm³/mol. The highest BCUT2D eigenvalue weighted by molar-refractivity contribution is 5.79. The number of hydrogen-bond acceptors (Lipinski definition) is 5. The van der Waals surface area contributed by atoms with Crippen LogP contribution in [0.2, 0.25) is 0 Å². The van der Waals surface area contributed by atoms with Crippen LogP contribution in [0.3, 0.4) is 0 Å². The van der Waals surface area contributed by atoms with E-state index >= 15 is 0 Å². The maximum absolute atomic E-state index is 13.0. The van der Waals surface area contributed by atoms with Crippen molar-refractivity contribution in [1.82, 2.24) is 20.4 Å². The average Bonchev–Trinajstić information content (AvgIpc) is 2.93. The number of rotatable bonds is 5. The summed E-state index contributed by atoms with van der Waals surface area (Å²) >= 11 is 0. The van der Waals surface area contributed by atoms with Gasteiger partial charge in [0.2, 0.25) is 5.91 Å². The summed E-state index contributed by atoms with van der Waals surface area (Å²) in [6.45, 7) is 3.86. The Bertz CT molecular complexity index is 871. The molecule has 2 heterocycles. The molecule has 0 aliphatic heterocycles. The third-order valence-electron chi connectivity index (χ3n) is 3.85. The maximum atomic E-state index is 13.0. The second-order valence-electron chi connectivity index (χ2n) is 5.66. The fraction of sp³-hybridized carbons (Fsp3) is 0.222. The molecule has 128 valence electrons. The molecule has 0 aliphatic carbocycles. The fourth-order valence-corrected chi connectivity index (χ4v) is 2.44. The Labute approximate surface area is 144 Å². The van der Waals surface area contributed by atoms with Gasteiger partial charge in [-0.3, -0.25) is 4.79 Å². The number of aromatic nitrogens is 3. The first-order chi connectivity index (χ1) is 12.0. The molecule has 0 saturated carbocycles. The second kappa shape index (κ2) is 7.21. The Balaban J connectivity index is 1.64. The van der Waals surface area contributed by atoms with Crippen molar-refractivity contribution in [2.75, 3.05) is 0 Å². The van der Waals surface area contributed by atoms with Gasteiger partial charge in [-0.1, -0.05) is 5.16 Å². The van der Waals surface area contributed by atoms with Crippen molar-refractivity contribution in [2.45, 2.75) is 26.8 Å². The van der Waals surface area contributed by atoms with Gasteiger partial charge in [0.05, 0.1) is 30.0 Å². The van der Waals surface area contributed by atoms with Gasteiger partial charge in [-0.2, -0.15) is 0 Å². The summed E-state index contributed by atoms with van der Waals surface area (Å²) in [4.78, 5) is 20.5. The zero-order valence-electron chi connectivity index (χ0n) is 13.9. The molecule has 0 radical (unpaired) electrons. The van der Waals surface area contributed by atoms with Crippen LogP contribution in [0.25, 0.3) is 11.3 Å². The number of nitrogens with one attached hydrogen (secondary N) is 1. The number of amides is 1. The summed E-state index contributed by atoms with van der Waals surface area (Å²) in [5.74, 6) is 0.203. The number of hydrogen-bond donors (Lipinski definition) is 1. The van der Waals surface area contributed by atoms with E-state index in [-0.39, 0.29) is 24.7 Å². The molecule has 6 nitrogen and oxygen atoms in total. The molecule has 3 aromatic rings. The van der Waals surface area contributed by atoms with E-state index in [1.165, 1.54) is 18.5 Å². The Hall–Kier alpha value is -3.09. The fourth-order valence-electron chi connectivity index (χ4n) is 2.44. The number of aryl methyl sites for hydroxylation is 2. The molecule has 7 heteroatoms. The van der Waals surface area contributed by atoms with Crippen LogP contribution in [0.4, 0.5) is 4.39 Å². The standard InChI is InChI=1S/C18H17FN4O2/c1-11-16(12(2)25-23-11)8-18(24)20-9-15-7-17(22-10-21-15)13-3-5-14(19)6-4-13/h3-7,10H,8-9H2,1-2H3,(H,20,24). The van der Waals surface area contributed by atoms with Crippen LogP contribution in [-0.2, 0) is 17.8 Å². The third-order valence-corrected chi connectivity index (χ3v) is 3.85. The molecule has 0 fully saturated rings. The minimum Gasteiger partial charge on any atom is -0.361 e. The van der Waals surface area contributed by atoms with E-state index in [9.17, 15) is 9.18 Å². The van der Waals surface area contributed by atoms with Gasteiger partial charge in [0.15, 0.2) is 0 Å². The Morgan fingerprint density at radius 3 is 2.64 bits per heavy atom. The lowest BCUT2D eigenvalue weighted by Crippen LogP contribution is -2.25. The van der Waals surface area contributed by atoms with Crippen molar-refractivity contribution in [3.05, 3.63) is 65.2 Å².